The maximum absolute atomic E-state index is 14.1. The molecule has 0 saturated heterocycles. The summed E-state index contributed by atoms with van der Waals surface area (Å²) in [7, 11) is 0. The first-order valence-electron chi connectivity index (χ1n) is 6.70. The third-order valence-electron chi connectivity index (χ3n) is 3.58. The Morgan fingerprint density at radius 3 is 2.60 bits per heavy atom. The molecule has 2 nitrogen and oxygen atoms in total. The van der Waals surface area contributed by atoms with E-state index >= 15 is 0 Å². The van der Waals surface area contributed by atoms with Gasteiger partial charge in [0.1, 0.15) is 11.6 Å². The molecule has 2 aromatic carbocycles. The number of benzene rings is 2. The fourth-order valence-electron chi connectivity index (χ4n) is 2.69. The molecule has 1 heterocycles. The lowest BCUT2D eigenvalue weighted by atomic mass is 9.93. The van der Waals surface area contributed by atoms with Crippen LogP contribution in [0.4, 0.5) is 20.2 Å². The van der Waals surface area contributed by atoms with E-state index in [2.05, 4.69) is 17.6 Å². The van der Waals surface area contributed by atoms with Gasteiger partial charge in [-0.3, -0.25) is 0 Å². The second-order valence-electron chi connectivity index (χ2n) is 5.19. The summed E-state index contributed by atoms with van der Waals surface area (Å²) in [6.45, 7) is 2.06. The highest BCUT2D eigenvalue weighted by atomic mass is 19.1. The van der Waals surface area contributed by atoms with Crippen LogP contribution in [0.25, 0.3) is 0 Å². The Morgan fingerprint density at radius 1 is 1.10 bits per heavy atom. The molecule has 4 heteroatoms. The molecule has 0 aromatic heterocycles. The summed E-state index contributed by atoms with van der Waals surface area (Å²) in [4.78, 5) is 0. The highest BCUT2D eigenvalue weighted by molar-refractivity contribution is 5.59. The van der Waals surface area contributed by atoms with Crippen LogP contribution in [0.1, 0.15) is 24.9 Å². The highest BCUT2D eigenvalue weighted by Crippen LogP contribution is 2.36. The molecule has 0 radical (unpaired) electrons. The van der Waals surface area contributed by atoms with Crippen molar-refractivity contribution in [2.45, 2.75) is 25.4 Å². The van der Waals surface area contributed by atoms with Gasteiger partial charge in [-0.05, 0) is 49.7 Å². The van der Waals surface area contributed by atoms with E-state index < -0.39 is 0 Å². The summed E-state index contributed by atoms with van der Waals surface area (Å²) in [5.74, 6) is -0.498. The van der Waals surface area contributed by atoms with Crippen LogP contribution in [0.15, 0.2) is 42.5 Å². The molecule has 0 saturated carbocycles. The topological polar surface area (TPSA) is 24.1 Å². The molecule has 0 aliphatic carbocycles. The smallest absolute Gasteiger partial charge is 0.130 e. The van der Waals surface area contributed by atoms with E-state index in [-0.39, 0.29) is 23.7 Å². The van der Waals surface area contributed by atoms with E-state index in [1.54, 1.807) is 18.2 Å². The van der Waals surface area contributed by atoms with E-state index in [0.29, 0.717) is 5.56 Å². The molecule has 0 spiro atoms. The molecular weight excluding hydrogens is 258 g/mol. The molecule has 3 rings (SSSR count). The SMILES string of the molecule is C[C@H]1C[C@H](Nc2ccc(F)cc2)c2c(F)cccc2N1. The second kappa shape index (κ2) is 5.12. The van der Waals surface area contributed by atoms with Crippen LogP contribution in [0.5, 0.6) is 0 Å². The Kier molecular flexibility index (Phi) is 3.30. The van der Waals surface area contributed by atoms with Gasteiger partial charge in [0.15, 0.2) is 0 Å². The maximum Gasteiger partial charge on any atom is 0.130 e. The van der Waals surface area contributed by atoms with Crippen molar-refractivity contribution in [1.29, 1.82) is 0 Å². The van der Waals surface area contributed by atoms with Crippen LogP contribution < -0.4 is 10.6 Å². The zero-order valence-corrected chi connectivity index (χ0v) is 11.2. The summed E-state index contributed by atoms with van der Waals surface area (Å²) in [5, 5.41) is 6.57. The Labute approximate surface area is 116 Å². The summed E-state index contributed by atoms with van der Waals surface area (Å²) < 4.78 is 27.0. The minimum Gasteiger partial charge on any atom is -0.382 e. The van der Waals surface area contributed by atoms with E-state index in [9.17, 15) is 8.78 Å². The molecule has 1 aliphatic rings. The minimum absolute atomic E-state index is 0.118. The van der Waals surface area contributed by atoms with E-state index in [0.717, 1.165) is 17.8 Å². The Balaban J connectivity index is 1.92. The number of nitrogens with one attached hydrogen (secondary N) is 2. The number of rotatable bonds is 2. The van der Waals surface area contributed by atoms with Gasteiger partial charge in [0.2, 0.25) is 0 Å². The molecule has 0 fully saturated rings. The molecule has 0 unspecified atom stereocenters. The Hall–Kier alpha value is -2.10. The van der Waals surface area contributed by atoms with Crippen molar-refractivity contribution >= 4 is 11.4 Å². The summed E-state index contributed by atoms with van der Waals surface area (Å²) in [6.07, 6.45) is 0.769. The molecule has 0 amide bonds. The first kappa shape index (κ1) is 12.9. The first-order chi connectivity index (χ1) is 9.63. The van der Waals surface area contributed by atoms with Crippen LogP contribution in [-0.4, -0.2) is 6.04 Å². The largest absolute Gasteiger partial charge is 0.382 e. The summed E-state index contributed by atoms with van der Waals surface area (Å²) in [6, 6.07) is 11.3. The lowest BCUT2D eigenvalue weighted by Crippen LogP contribution is -2.29. The van der Waals surface area contributed by atoms with Gasteiger partial charge in [-0.1, -0.05) is 6.07 Å². The summed E-state index contributed by atoms with van der Waals surface area (Å²) in [5.41, 5.74) is 2.26. The van der Waals surface area contributed by atoms with Crippen LogP contribution in [-0.2, 0) is 0 Å². The van der Waals surface area contributed by atoms with E-state index in [1.165, 1.54) is 18.2 Å². The average molecular weight is 274 g/mol. The zero-order chi connectivity index (χ0) is 14.1. The van der Waals surface area contributed by atoms with E-state index in [4.69, 9.17) is 0 Å². The molecule has 20 heavy (non-hydrogen) atoms. The Bertz CT molecular complexity index is 610. The molecule has 2 aromatic rings. The Morgan fingerprint density at radius 2 is 1.85 bits per heavy atom. The van der Waals surface area contributed by atoms with Gasteiger partial charge >= 0.3 is 0 Å². The van der Waals surface area contributed by atoms with Crippen molar-refractivity contribution in [3.05, 3.63) is 59.7 Å². The highest BCUT2D eigenvalue weighted by Gasteiger charge is 2.26. The van der Waals surface area contributed by atoms with E-state index in [1.807, 2.05) is 6.07 Å². The predicted molar refractivity (Wildman–Crippen MR) is 76.9 cm³/mol. The van der Waals surface area contributed by atoms with Crippen LogP contribution in [0.3, 0.4) is 0 Å². The van der Waals surface area contributed by atoms with Crippen molar-refractivity contribution in [2.75, 3.05) is 10.6 Å². The van der Waals surface area contributed by atoms with Gasteiger partial charge in [0, 0.05) is 23.0 Å². The molecular formula is C16H16F2N2. The van der Waals surface area contributed by atoms with Crippen molar-refractivity contribution < 1.29 is 8.78 Å². The fraction of sp³-hybridized carbons (Fsp3) is 0.250. The standard InChI is InChI=1S/C16H16F2N2/c1-10-9-15(20-12-7-5-11(17)6-8-12)16-13(18)3-2-4-14(16)19-10/h2-8,10,15,19-20H,9H2,1H3/t10-,15-/m0/s1. The maximum atomic E-state index is 14.1. The van der Waals surface area contributed by atoms with Crippen LogP contribution in [0.2, 0.25) is 0 Å². The first-order valence-corrected chi connectivity index (χ1v) is 6.70. The zero-order valence-electron chi connectivity index (χ0n) is 11.2. The predicted octanol–water partition coefficient (Wildman–Crippen LogP) is 4.32. The quantitative estimate of drug-likeness (QED) is 0.852. The van der Waals surface area contributed by atoms with Gasteiger partial charge in [-0.15, -0.1) is 0 Å². The third-order valence-corrected chi connectivity index (χ3v) is 3.58. The monoisotopic (exact) mass is 274 g/mol. The van der Waals surface area contributed by atoms with Gasteiger partial charge < -0.3 is 10.6 Å². The van der Waals surface area contributed by atoms with Gasteiger partial charge in [0.25, 0.3) is 0 Å². The summed E-state index contributed by atoms with van der Waals surface area (Å²) >= 11 is 0. The molecule has 2 atom stereocenters. The molecule has 104 valence electrons. The molecule has 1 aliphatic heterocycles. The van der Waals surface area contributed by atoms with Gasteiger partial charge in [-0.2, -0.15) is 0 Å². The number of hydrogen-bond acceptors (Lipinski definition) is 2. The number of hydrogen-bond donors (Lipinski definition) is 2. The number of halogens is 2. The van der Waals surface area contributed by atoms with Crippen molar-refractivity contribution in [3.8, 4) is 0 Å². The fourth-order valence-corrected chi connectivity index (χ4v) is 2.69. The van der Waals surface area contributed by atoms with Crippen molar-refractivity contribution in [3.63, 3.8) is 0 Å². The second-order valence-corrected chi connectivity index (χ2v) is 5.19. The molecule has 2 N–H and O–H groups in total. The van der Waals surface area contributed by atoms with Crippen molar-refractivity contribution in [1.82, 2.24) is 0 Å². The minimum atomic E-state index is -0.277. The third kappa shape index (κ3) is 2.46. The van der Waals surface area contributed by atoms with Gasteiger partial charge in [0.05, 0.1) is 6.04 Å². The molecule has 0 bridgehead atoms. The number of anilines is 2. The van der Waals surface area contributed by atoms with Crippen LogP contribution in [0, 0.1) is 11.6 Å². The van der Waals surface area contributed by atoms with Crippen molar-refractivity contribution in [2.24, 2.45) is 0 Å². The lowest BCUT2D eigenvalue weighted by Gasteiger charge is -2.32. The van der Waals surface area contributed by atoms with Crippen LogP contribution >= 0.6 is 0 Å². The number of fused-ring (bicyclic) bond motifs is 1. The van der Waals surface area contributed by atoms with Gasteiger partial charge in [-0.25, -0.2) is 8.78 Å². The normalized spacial score (nSPS) is 20.9. The average Bonchev–Trinajstić information content (AvgIpc) is 2.41. The lowest BCUT2D eigenvalue weighted by molar-refractivity contribution is 0.544.